The highest BCUT2D eigenvalue weighted by Gasteiger charge is 2.69. The highest BCUT2D eigenvalue weighted by atomic mass is 16.7. The summed E-state index contributed by atoms with van der Waals surface area (Å²) in [6.07, 6.45) is 0.552. The molecule has 1 aliphatic heterocycles. The van der Waals surface area contributed by atoms with Crippen molar-refractivity contribution in [2.75, 3.05) is 0 Å². The van der Waals surface area contributed by atoms with Crippen molar-refractivity contribution < 1.29 is 14.1 Å². The average molecular weight is 238 g/mol. The Morgan fingerprint density at radius 1 is 0.941 bits per heavy atom. The van der Waals surface area contributed by atoms with Gasteiger partial charge in [-0.15, -0.1) is 0 Å². The van der Waals surface area contributed by atoms with Crippen LogP contribution >= 0.6 is 0 Å². The fourth-order valence-electron chi connectivity index (χ4n) is 2.47. The van der Waals surface area contributed by atoms with Crippen LogP contribution in [-0.2, 0) is 14.1 Å². The first-order chi connectivity index (χ1) is 7.44. The first-order valence-corrected chi connectivity index (χ1v) is 6.33. The number of hydrogen-bond acceptors (Lipinski definition) is 3. The lowest BCUT2D eigenvalue weighted by atomic mass is 9.36. The number of carbonyl (C=O) groups excluding carboxylic acids is 1. The Morgan fingerprint density at radius 2 is 1.35 bits per heavy atom. The molecule has 4 heteroatoms. The Hall–Kier alpha value is -0.345. The maximum Gasteiger partial charge on any atom is 0.465 e. The SMILES string of the molecule is CC1(C)OB(C2(C)CC(=O)C2(C)C)OC1(C)C. The number of rotatable bonds is 1. The zero-order chi connectivity index (χ0) is 13.3. The molecule has 1 atom stereocenters. The van der Waals surface area contributed by atoms with Crippen LogP contribution in [0.3, 0.4) is 0 Å². The molecule has 1 saturated carbocycles. The van der Waals surface area contributed by atoms with Crippen LogP contribution in [0.5, 0.6) is 0 Å². The smallest absolute Gasteiger partial charge is 0.403 e. The van der Waals surface area contributed by atoms with Gasteiger partial charge in [-0.2, -0.15) is 0 Å². The predicted molar refractivity (Wildman–Crippen MR) is 67.9 cm³/mol. The van der Waals surface area contributed by atoms with Gasteiger partial charge >= 0.3 is 7.12 Å². The summed E-state index contributed by atoms with van der Waals surface area (Å²) in [6.45, 7) is 14.3. The summed E-state index contributed by atoms with van der Waals surface area (Å²) < 4.78 is 12.2. The summed E-state index contributed by atoms with van der Waals surface area (Å²) in [7, 11) is -0.291. The Balaban J connectivity index is 2.26. The molecule has 0 amide bonds. The molecule has 0 radical (unpaired) electrons. The molecule has 3 nitrogen and oxygen atoms in total. The summed E-state index contributed by atoms with van der Waals surface area (Å²) in [4.78, 5) is 11.7. The second kappa shape index (κ2) is 3.15. The van der Waals surface area contributed by atoms with E-state index in [2.05, 4.69) is 6.92 Å². The molecule has 2 fully saturated rings. The zero-order valence-corrected chi connectivity index (χ0v) is 12.0. The van der Waals surface area contributed by atoms with Crippen molar-refractivity contribution in [1.29, 1.82) is 0 Å². The Labute approximate surface area is 104 Å². The normalized spacial score (nSPS) is 38.1. The van der Waals surface area contributed by atoms with Crippen LogP contribution in [0.2, 0.25) is 5.31 Å². The van der Waals surface area contributed by atoms with Crippen LogP contribution < -0.4 is 0 Å². The fraction of sp³-hybridized carbons (Fsp3) is 0.923. The van der Waals surface area contributed by atoms with Crippen molar-refractivity contribution in [1.82, 2.24) is 0 Å². The van der Waals surface area contributed by atoms with Crippen LogP contribution in [0.4, 0.5) is 0 Å². The minimum absolute atomic E-state index is 0.213. The van der Waals surface area contributed by atoms with E-state index in [-0.39, 0.29) is 29.0 Å². The average Bonchev–Trinajstić information content (AvgIpc) is 2.36. The van der Waals surface area contributed by atoms with Gasteiger partial charge in [0, 0.05) is 17.2 Å². The first kappa shape index (κ1) is 13.1. The molecule has 1 aliphatic carbocycles. The van der Waals surface area contributed by atoms with E-state index in [1.165, 1.54) is 0 Å². The first-order valence-electron chi connectivity index (χ1n) is 6.33. The van der Waals surface area contributed by atoms with Gasteiger partial charge in [0.05, 0.1) is 11.2 Å². The third-order valence-corrected chi connectivity index (χ3v) is 5.43. The number of Topliss-reactive ketones (excluding diaryl/α,β-unsaturated/α-hetero) is 1. The van der Waals surface area contributed by atoms with Crippen LogP contribution in [0, 0.1) is 5.41 Å². The Bertz CT molecular complexity index is 357. The minimum atomic E-state index is -0.353. The molecule has 2 aliphatic rings. The second-order valence-electron chi connectivity index (χ2n) is 7.23. The predicted octanol–water partition coefficient (Wildman–Crippen LogP) is 2.84. The molecule has 2 rings (SSSR count). The molecule has 0 aromatic rings. The van der Waals surface area contributed by atoms with Crippen LogP contribution in [-0.4, -0.2) is 24.1 Å². The van der Waals surface area contributed by atoms with Crippen LogP contribution in [0.25, 0.3) is 0 Å². The van der Waals surface area contributed by atoms with Gasteiger partial charge < -0.3 is 9.31 Å². The van der Waals surface area contributed by atoms with Gasteiger partial charge in [-0.05, 0) is 27.7 Å². The second-order valence-corrected chi connectivity index (χ2v) is 7.23. The molecule has 96 valence electrons. The molecule has 1 heterocycles. The number of carbonyl (C=O) groups is 1. The van der Waals surface area contributed by atoms with E-state index in [0.717, 1.165) is 0 Å². The van der Waals surface area contributed by atoms with Crippen molar-refractivity contribution in [3.8, 4) is 0 Å². The van der Waals surface area contributed by atoms with Crippen LogP contribution in [0.15, 0.2) is 0 Å². The van der Waals surface area contributed by atoms with E-state index in [9.17, 15) is 4.79 Å². The van der Waals surface area contributed by atoms with Crippen molar-refractivity contribution >= 4 is 12.9 Å². The molecule has 1 unspecified atom stereocenters. The molecule has 0 bridgehead atoms. The molecule has 0 aromatic carbocycles. The Morgan fingerprint density at radius 3 is 1.65 bits per heavy atom. The maximum absolute atomic E-state index is 11.7. The van der Waals surface area contributed by atoms with E-state index in [4.69, 9.17) is 9.31 Å². The van der Waals surface area contributed by atoms with Gasteiger partial charge in [0.2, 0.25) is 0 Å². The highest BCUT2D eigenvalue weighted by molar-refractivity contribution is 6.52. The van der Waals surface area contributed by atoms with Crippen molar-refractivity contribution in [2.24, 2.45) is 5.41 Å². The van der Waals surface area contributed by atoms with Gasteiger partial charge in [-0.1, -0.05) is 20.8 Å². The lowest BCUT2D eigenvalue weighted by molar-refractivity contribution is -0.141. The third kappa shape index (κ3) is 1.46. The van der Waals surface area contributed by atoms with Crippen molar-refractivity contribution in [3.05, 3.63) is 0 Å². The zero-order valence-electron chi connectivity index (χ0n) is 12.0. The van der Waals surface area contributed by atoms with Gasteiger partial charge in [0.25, 0.3) is 0 Å². The summed E-state index contributed by atoms with van der Waals surface area (Å²) >= 11 is 0. The standard InChI is InChI=1S/C13H23BO3/c1-10(2)9(15)8-13(10,7)14-16-11(3,4)12(5,6)17-14/h8H2,1-7H3. The fourth-order valence-corrected chi connectivity index (χ4v) is 2.47. The lowest BCUT2D eigenvalue weighted by Gasteiger charge is -2.52. The quantitative estimate of drug-likeness (QED) is 0.659. The van der Waals surface area contributed by atoms with Gasteiger partial charge in [0.1, 0.15) is 5.78 Å². The number of hydrogen-bond donors (Lipinski definition) is 0. The van der Waals surface area contributed by atoms with E-state index in [1.54, 1.807) is 0 Å². The molecule has 0 N–H and O–H groups in total. The van der Waals surface area contributed by atoms with Crippen LogP contribution in [0.1, 0.15) is 54.9 Å². The molecular formula is C13H23BO3. The van der Waals surface area contributed by atoms with E-state index in [0.29, 0.717) is 12.2 Å². The summed E-state index contributed by atoms with van der Waals surface area (Å²) in [5.74, 6) is 0.301. The summed E-state index contributed by atoms with van der Waals surface area (Å²) in [6, 6.07) is 0. The van der Waals surface area contributed by atoms with Gasteiger partial charge in [0.15, 0.2) is 0 Å². The van der Waals surface area contributed by atoms with E-state index in [1.807, 2.05) is 41.5 Å². The van der Waals surface area contributed by atoms with Gasteiger partial charge in [-0.25, -0.2) is 0 Å². The summed E-state index contributed by atoms with van der Waals surface area (Å²) in [5.41, 5.74) is -1.00. The largest absolute Gasteiger partial charge is 0.465 e. The Kier molecular flexibility index (Phi) is 2.43. The highest BCUT2D eigenvalue weighted by Crippen LogP contribution is 2.63. The van der Waals surface area contributed by atoms with E-state index < -0.39 is 0 Å². The van der Waals surface area contributed by atoms with Gasteiger partial charge in [-0.3, -0.25) is 4.79 Å². The van der Waals surface area contributed by atoms with Crippen molar-refractivity contribution in [2.45, 2.75) is 71.4 Å². The minimum Gasteiger partial charge on any atom is -0.403 e. The van der Waals surface area contributed by atoms with Crippen molar-refractivity contribution in [3.63, 3.8) is 0 Å². The molecule has 0 spiro atoms. The number of ketones is 1. The van der Waals surface area contributed by atoms with E-state index >= 15 is 0 Å². The topological polar surface area (TPSA) is 35.5 Å². The lowest BCUT2D eigenvalue weighted by Crippen LogP contribution is -2.57. The maximum atomic E-state index is 11.7. The third-order valence-electron chi connectivity index (χ3n) is 5.43. The molecule has 0 aromatic heterocycles. The molecule has 17 heavy (non-hydrogen) atoms. The summed E-state index contributed by atoms with van der Waals surface area (Å²) in [5, 5.41) is -0.213. The molecule has 1 saturated heterocycles. The monoisotopic (exact) mass is 238 g/mol. The molecular weight excluding hydrogens is 215 g/mol.